The highest BCUT2D eigenvalue weighted by Gasteiger charge is 2.45. The van der Waals surface area contributed by atoms with E-state index in [-0.39, 0.29) is 24.3 Å². The molecule has 0 unspecified atom stereocenters. The van der Waals surface area contributed by atoms with Crippen LogP contribution < -0.4 is 0 Å². The van der Waals surface area contributed by atoms with Crippen LogP contribution in [-0.2, 0) is 9.59 Å². The lowest BCUT2D eigenvalue weighted by atomic mass is 10.1. The monoisotopic (exact) mass is 352 g/mol. The first-order valence-electron chi connectivity index (χ1n) is 7.18. The molecule has 5 heteroatoms. The minimum atomic E-state index is -0.0361. The molecule has 1 aromatic rings. The Labute approximate surface area is 134 Å². The quantitative estimate of drug-likeness (QED) is 0.816. The highest BCUT2D eigenvalue weighted by atomic mass is 79.9. The molecule has 1 saturated carbocycles. The van der Waals surface area contributed by atoms with Crippen molar-refractivity contribution >= 4 is 27.7 Å². The average Bonchev–Trinajstić information content (AvgIpc) is 3.24. The Morgan fingerprint density at radius 3 is 2.38 bits per heavy atom. The number of carbonyl (C=O) groups excluding carboxylic acids is 2. The molecule has 21 heavy (non-hydrogen) atoms. The van der Waals surface area contributed by atoms with E-state index in [1.54, 1.807) is 19.0 Å². The zero-order valence-electron chi connectivity index (χ0n) is 12.7. The SMILES string of the molecule is CCN(CC(=O)N(C)C)C(=O)[C@H]1C[C@H]1c1ccc(Br)cc1. The normalized spacial score (nSPS) is 20.0. The van der Waals surface area contributed by atoms with E-state index in [4.69, 9.17) is 0 Å². The summed E-state index contributed by atoms with van der Waals surface area (Å²) < 4.78 is 1.04. The van der Waals surface area contributed by atoms with Gasteiger partial charge in [-0.2, -0.15) is 0 Å². The predicted octanol–water partition coefficient (Wildman–Crippen LogP) is 2.49. The molecule has 2 atom stereocenters. The Hall–Kier alpha value is -1.36. The number of nitrogens with zero attached hydrogens (tertiary/aromatic N) is 2. The van der Waals surface area contributed by atoms with Gasteiger partial charge in [0, 0.05) is 31.0 Å². The van der Waals surface area contributed by atoms with Gasteiger partial charge in [-0.1, -0.05) is 28.1 Å². The number of hydrogen-bond donors (Lipinski definition) is 0. The van der Waals surface area contributed by atoms with Crippen molar-refractivity contribution < 1.29 is 9.59 Å². The molecule has 4 nitrogen and oxygen atoms in total. The van der Waals surface area contributed by atoms with Gasteiger partial charge in [0.25, 0.3) is 0 Å². The predicted molar refractivity (Wildman–Crippen MR) is 85.9 cm³/mol. The van der Waals surface area contributed by atoms with Crippen LogP contribution in [-0.4, -0.2) is 48.8 Å². The molecule has 1 aliphatic rings. The third-order valence-corrected chi connectivity index (χ3v) is 4.45. The second-order valence-corrected chi connectivity index (χ2v) is 6.56. The smallest absolute Gasteiger partial charge is 0.241 e. The van der Waals surface area contributed by atoms with Crippen molar-refractivity contribution in [2.24, 2.45) is 5.92 Å². The standard InChI is InChI=1S/C16H21BrN2O2/c1-4-19(10-15(20)18(2)3)16(21)14-9-13(14)11-5-7-12(17)8-6-11/h5-8,13-14H,4,9-10H2,1-3H3/t13-,14-/m0/s1. The van der Waals surface area contributed by atoms with Gasteiger partial charge in [-0.05, 0) is 37.0 Å². The summed E-state index contributed by atoms with van der Waals surface area (Å²) in [6.07, 6.45) is 0.882. The molecule has 0 N–H and O–H groups in total. The minimum Gasteiger partial charge on any atom is -0.347 e. The van der Waals surface area contributed by atoms with Crippen molar-refractivity contribution in [3.8, 4) is 0 Å². The Balaban J connectivity index is 1.97. The van der Waals surface area contributed by atoms with Crippen LogP contribution in [0.15, 0.2) is 28.7 Å². The molecule has 0 bridgehead atoms. The maximum atomic E-state index is 12.5. The topological polar surface area (TPSA) is 40.6 Å². The Kier molecular flexibility index (Phi) is 5.04. The van der Waals surface area contributed by atoms with Gasteiger partial charge in [0.15, 0.2) is 0 Å². The van der Waals surface area contributed by atoms with Crippen LogP contribution in [0.4, 0.5) is 0 Å². The van der Waals surface area contributed by atoms with Gasteiger partial charge in [-0.3, -0.25) is 9.59 Å². The molecule has 0 spiro atoms. The van der Waals surface area contributed by atoms with Gasteiger partial charge in [0.2, 0.25) is 11.8 Å². The zero-order valence-corrected chi connectivity index (χ0v) is 14.3. The lowest BCUT2D eigenvalue weighted by molar-refractivity contribution is -0.139. The van der Waals surface area contributed by atoms with Crippen LogP contribution in [0.1, 0.15) is 24.8 Å². The van der Waals surface area contributed by atoms with Crippen molar-refractivity contribution in [2.45, 2.75) is 19.3 Å². The Bertz CT molecular complexity index is 528. The van der Waals surface area contributed by atoms with Crippen LogP contribution in [0.5, 0.6) is 0 Å². The fourth-order valence-corrected chi connectivity index (χ4v) is 2.70. The van der Waals surface area contributed by atoms with Crippen molar-refractivity contribution in [1.29, 1.82) is 0 Å². The van der Waals surface area contributed by atoms with Crippen molar-refractivity contribution in [1.82, 2.24) is 9.80 Å². The van der Waals surface area contributed by atoms with Crippen LogP contribution in [0, 0.1) is 5.92 Å². The summed E-state index contributed by atoms with van der Waals surface area (Å²) in [5.41, 5.74) is 1.20. The maximum absolute atomic E-state index is 12.5. The number of hydrogen-bond acceptors (Lipinski definition) is 2. The zero-order chi connectivity index (χ0) is 15.6. The van der Waals surface area contributed by atoms with E-state index in [9.17, 15) is 9.59 Å². The molecule has 114 valence electrons. The third-order valence-electron chi connectivity index (χ3n) is 3.92. The van der Waals surface area contributed by atoms with Crippen LogP contribution in [0.25, 0.3) is 0 Å². The van der Waals surface area contributed by atoms with Crippen molar-refractivity contribution in [2.75, 3.05) is 27.2 Å². The molecule has 2 amide bonds. The second kappa shape index (κ2) is 6.60. The first kappa shape index (κ1) is 16.0. The second-order valence-electron chi connectivity index (χ2n) is 5.64. The molecule has 1 fully saturated rings. The number of carbonyl (C=O) groups is 2. The largest absolute Gasteiger partial charge is 0.347 e. The molecule has 0 saturated heterocycles. The summed E-state index contributed by atoms with van der Waals surface area (Å²) in [5.74, 6) is 0.391. The molecular formula is C16H21BrN2O2. The van der Waals surface area contributed by atoms with Gasteiger partial charge >= 0.3 is 0 Å². The molecule has 0 heterocycles. The van der Waals surface area contributed by atoms with Crippen molar-refractivity contribution in [3.63, 3.8) is 0 Å². The van der Waals surface area contributed by atoms with Crippen LogP contribution >= 0.6 is 15.9 Å². The van der Waals surface area contributed by atoms with Gasteiger partial charge < -0.3 is 9.80 Å². The van der Waals surface area contributed by atoms with E-state index in [0.717, 1.165) is 10.9 Å². The number of amides is 2. The van der Waals surface area contributed by atoms with E-state index >= 15 is 0 Å². The van der Waals surface area contributed by atoms with E-state index < -0.39 is 0 Å². The molecule has 0 aromatic heterocycles. The average molecular weight is 353 g/mol. The van der Waals surface area contributed by atoms with Gasteiger partial charge in [0.05, 0.1) is 6.54 Å². The summed E-state index contributed by atoms with van der Waals surface area (Å²) in [5, 5.41) is 0. The third kappa shape index (κ3) is 3.84. The number of rotatable bonds is 5. The van der Waals surface area contributed by atoms with E-state index in [1.807, 2.05) is 19.1 Å². The van der Waals surface area contributed by atoms with E-state index in [1.165, 1.54) is 10.5 Å². The van der Waals surface area contributed by atoms with Gasteiger partial charge in [-0.25, -0.2) is 0 Å². The summed E-state index contributed by atoms with van der Waals surface area (Å²) in [6, 6.07) is 8.12. The first-order chi connectivity index (χ1) is 9.93. The van der Waals surface area contributed by atoms with Gasteiger partial charge in [-0.15, -0.1) is 0 Å². The molecule has 0 aliphatic heterocycles. The Morgan fingerprint density at radius 2 is 1.86 bits per heavy atom. The summed E-state index contributed by atoms with van der Waals surface area (Å²) in [6.45, 7) is 2.66. The summed E-state index contributed by atoms with van der Waals surface area (Å²) in [7, 11) is 3.42. The number of likely N-dealkylation sites (N-methyl/N-ethyl adjacent to an activating group) is 2. The van der Waals surface area contributed by atoms with Crippen LogP contribution in [0.3, 0.4) is 0 Å². The molecule has 2 rings (SSSR count). The fraction of sp³-hybridized carbons (Fsp3) is 0.500. The molecular weight excluding hydrogens is 332 g/mol. The lowest BCUT2D eigenvalue weighted by Gasteiger charge is -2.22. The van der Waals surface area contributed by atoms with Crippen LogP contribution in [0.2, 0.25) is 0 Å². The fourth-order valence-electron chi connectivity index (χ4n) is 2.43. The molecule has 0 radical (unpaired) electrons. The van der Waals surface area contributed by atoms with Crippen molar-refractivity contribution in [3.05, 3.63) is 34.3 Å². The maximum Gasteiger partial charge on any atom is 0.241 e. The lowest BCUT2D eigenvalue weighted by Crippen LogP contribution is -2.41. The molecule has 1 aromatic carbocycles. The molecule has 1 aliphatic carbocycles. The number of halogens is 1. The van der Waals surface area contributed by atoms with E-state index in [2.05, 4.69) is 28.1 Å². The first-order valence-corrected chi connectivity index (χ1v) is 7.97. The summed E-state index contributed by atoms with van der Waals surface area (Å²) in [4.78, 5) is 27.4. The summed E-state index contributed by atoms with van der Waals surface area (Å²) >= 11 is 3.42. The van der Waals surface area contributed by atoms with Gasteiger partial charge in [0.1, 0.15) is 0 Å². The minimum absolute atomic E-state index is 0.0288. The highest BCUT2D eigenvalue weighted by molar-refractivity contribution is 9.10. The van der Waals surface area contributed by atoms with E-state index in [0.29, 0.717) is 12.5 Å². The number of benzene rings is 1. The Morgan fingerprint density at radius 1 is 1.24 bits per heavy atom. The highest BCUT2D eigenvalue weighted by Crippen LogP contribution is 2.48.